The summed E-state index contributed by atoms with van der Waals surface area (Å²) in [7, 11) is 0. The number of cyclic esters (lactones) is 2. The first kappa shape index (κ1) is 14.5. The van der Waals surface area contributed by atoms with Crippen LogP contribution in [0.4, 0.5) is 4.39 Å². The molecule has 1 aliphatic heterocycles. The van der Waals surface area contributed by atoms with Crippen molar-refractivity contribution in [2.45, 2.75) is 26.6 Å². The smallest absolute Gasteiger partial charge is 0.348 e. The van der Waals surface area contributed by atoms with Crippen LogP contribution in [-0.2, 0) is 19.1 Å². The Morgan fingerprint density at radius 2 is 1.75 bits per heavy atom. The lowest BCUT2D eigenvalue weighted by Gasteiger charge is -2.29. The summed E-state index contributed by atoms with van der Waals surface area (Å²) in [4.78, 5) is 23.6. The van der Waals surface area contributed by atoms with Crippen molar-refractivity contribution in [2.24, 2.45) is 0 Å². The van der Waals surface area contributed by atoms with Crippen molar-refractivity contribution >= 4 is 29.6 Å². The molecular weight excluding hydrogens is 287 g/mol. The van der Waals surface area contributed by atoms with Gasteiger partial charge in [0.2, 0.25) is 0 Å². The van der Waals surface area contributed by atoms with Crippen LogP contribution in [0.15, 0.2) is 17.7 Å². The molecule has 6 heteroatoms. The molecule has 0 amide bonds. The number of benzene rings is 1. The summed E-state index contributed by atoms with van der Waals surface area (Å²) >= 11 is 5.98. The zero-order valence-corrected chi connectivity index (χ0v) is 11.9. The third kappa shape index (κ3) is 2.67. The quantitative estimate of drug-likeness (QED) is 0.454. The monoisotopic (exact) mass is 298 g/mol. The molecular formula is C14H12ClFO4. The number of ether oxygens (including phenoxy) is 2. The summed E-state index contributed by atoms with van der Waals surface area (Å²) < 4.78 is 23.6. The second-order valence-electron chi connectivity index (χ2n) is 4.83. The summed E-state index contributed by atoms with van der Waals surface area (Å²) in [5, 5.41) is 0.128. The van der Waals surface area contributed by atoms with E-state index in [9.17, 15) is 14.0 Å². The van der Waals surface area contributed by atoms with Gasteiger partial charge in [-0.25, -0.2) is 14.0 Å². The molecule has 1 aliphatic rings. The van der Waals surface area contributed by atoms with E-state index in [0.717, 1.165) is 6.08 Å². The normalized spacial score (nSPS) is 17.6. The zero-order chi connectivity index (χ0) is 15.1. The van der Waals surface area contributed by atoms with E-state index in [1.807, 2.05) is 0 Å². The first-order chi connectivity index (χ1) is 9.21. The predicted molar refractivity (Wildman–Crippen MR) is 70.4 cm³/mol. The Bertz CT molecular complexity index is 612. The molecule has 4 nitrogen and oxygen atoms in total. The van der Waals surface area contributed by atoms with E-state index in [2.05, 4.69) is 0 Å². The van der Waals surface area contributed by atoms with Crippen LogP contribution in [-0.4, -0.2) is 17.7 Å². The van der Waals surface area contributed by atoms with Gasteiger partial charge in [-0.1, -0.05) is 17.7 Å². The molecule has 1 fully saturated rings. The Balaban J connectivity index is 2.49. The first-order valence-electron chi connectivity index (χ1n) is 5.84. The fourth-order valence-electron chi connectivity index (χ4n) is 1.73. The molecule has 1 saturated heterocycles. The molecule has 0 atom stereocenters. The molecule has 1 heterocycles. The number of carbonyl (C=O) groups is 2. The summed E-state index contributed by atoms with van der Waals surface area (Å²) in [6.45, 7) is 4.55. The molecule has 0 N–H and O–H groups in total. The lowest BCUT2D eigenvalue weighted by atomic mass is 10.1. The van der Waals surface area contributed by atoms with E-state index in [4.69, 9.17) is 21.1 Å². The van der Waals surface area contributed by atoms with Gasteiger partial charge in [0, 0.05) is 19.4 Å². The highest BCUT2D eigenvalue weighted by atomic mass is 35.5. The zero-order valence-electron chi connectivity index (χ0n) is 11.1. The number of aryl methyl sites for hydroxylation is 1. The highest BCUT2D eigenvalue weighted by Crippen LogP contribution is 2.29. The third-order valence-electron chi connectivity index (χ3n) is 2.73. The minimum absolute atomic E-state index is 0.0460. The maximum absolute atomic E-state index is 13.8. The Labute approximate surface area is 120 Å². The molecule has 0 saturated carbocycles. The highest BCUT2D eigenvalue weighted by Gasteiger charge is 2.39. The summed E-state index contributed by atoms with van der Waals surface area (Å²) in [6.07, 6.45) is 1.05. The number of hydrogen-bond acceptors (Lipinski definition) is 4. The number of carbonyl (C=O) groups excluding carboxylic acids is 2. The van der Waals surface area contributed by atoms with Crippen LogP contribution in [0.1, 0.15) is 25.0 Å². The average Bonchev–Trinajstić information content (AvgIpc) is 2.31. The molecule has 0 radical (unpaired) electrons. The Morgan fingerprint density at radius 1 is 1.20 bits per heavy atom. The van der Waals surface area contributed by atoms with Crippen molar-refractivity contribution in [3.05, 3.63) is 39.7 Å². The van der Waals surface area contributed by atoms with E-state index in [-0.39, 0.29) is 10.6 Å². The van der Waals surface area contributed by atoms with E-state index >= 15 is 0 Å². The average molecular weight is 299 g/mol. The van der Waals surface area contributed by atoms with Crippen molar-refractivity contribution < 1.29 is 23.5 Å². The Hall–Kier alpha value is -1.88. The van der Waals surface area contributed by atoms with Gasteiger partial charge in [0.25, 0.3) is 5.79 Å². The van der Waals surface area contributed by atoms with Crippen LogP contribution in [0.25, 0.3) is 6.08 Å². The van der Waals surface area contributed by atoms with Gasteiger partial charge in [-0.2, -0.15) is 0 Å². The molecule has 1 aromatic carbocycles. The molecule has 2 rings (SSSR count). The standard InChI is InChI=1S/C14H12ClFO4/c1-7-4-5-10(16)8(11(7)15)6-9-12(17)19-14(2,3)20-13(9)18/h4-6H,1-3H3. The molecule has 0 aromatic heterocycles. The van der Waals surface area contributed by atoms with Gasteiger partial charge in [0.1, 0.15) is 11.4 Å². The SMILES string of the molecule is Cc1ccc(F)c(C=C2C(=O)OC(C)(C)OC2=O)c1Cl. The third-order valence-corrected chi connectivity index (χ3v) is 3.23. The fourth-order valence-corrected chi connectivity index (χ4v) is 1.94. The van der Waals surface area contributed by atoms with E-state index in [1.54, 1.807) is 6.92 Å². The van der Waals surface area contributed by atoms with E-state index in [1.165, 1.54) is 26.0 Å². The lowest BCUT2D eigenvalue weighted by molar-refractivity contribution is -0.222. The van der Waals surface area contributed by atoms with Crippen molar-refractivity contribution in [2.75, 3.05) is 0 Å². The van der Waals surface area contributed by atoms with Crippen molar-refractivity contribution in [3.63, 3.8) is 0 Å². The minimum atomic E-state index is -1.33. The summed E-state index contributed by atoms with van der Waals surface area (Å²) in [5.41, 5.74) is 0.184. The van der Waals surface area contributed by atoms with Crippen LogP contribution in [0, 0.1) is 12.7 Å². The molecule has 1 aromatic rings. The van der Waals surface area contributed by atoms with Crippen molar-refractivity contribution in [3.8, 4) is 0 Å². The largest absolute Gasteiger partial charge is 0.419 e. The van der Waals surface area contributed by atoms with Crippen LogP contribution in [0.3, 0.4) is 0 Å². The van der Waals surface area contributed by atoms with Crippen LogP contribution in [0.5, 0.6) is 0 Å². The molecule has 0 bridgehead atoms. The van der Waals surface area contributed by atoms with E-state index < -0.39 is 29.1 Å². The maximum atomic E-state index is 13.8. The van der Waals surface area contributed by atoms with Gasteiger partial charge >= 0.3 is 11.9 Å². The number of hydrogen-bond donors (Lipinski definition) is 0. The fraction of sp³-hybridized carbons (Fsp3) is 0.286. The first-order valence-corrected chi connectivity index (χ1v) is 6.22. The Morgan fingerprint density at radius 3 is 2.30 bits per heavy atom. The number of rotatable bonds is 1. The molecule has 20 heavy (non-hydrogen) atoms. The van der Waals surface area contributed by atoms with Crippen molar-refractivity contribution in [1.29, 1.82) is 0 Å². The number of esters is 2. The lowest BCUT2D eigenvalue weighted by Crippen LogP contribution is -2.41. The topological polar surface area (TPSA) is 52.6 Å². The molecule has 106 valence electrons. The molecule has 0 spiro atoms. The minimum Gasteiger partial charge on any atom is -0.419 e. The van der Waals surface area contributed by atoms with E-state index in [0.29, 0.717) is 5.56 Å². The van der Waals surface area contributed by atoms with Gasteiger partial charge in [-0.3, -0.25) is 0 Å². The van der Waals surface area contributed by atoms with Gasteiger partial charge < -0.3 is 9.47 Å². The summed E-state index contributed by atoms with van der Waals surface area (Å²) in [5.74, 6) is -3.72. The van der Waals surface area contributed by atoms with Crippen LogP contribution in [0.2, 0.25) is 5.02 Å². The predicted octanol–water partition coefficient (Wildman–Crippen LogP) is 3.01. The van der Waals surface area contributed by atoms with Gasteiger partial charge in [-0.15, -0.1) is 0 Å². The van der Waals surface area contributed by atoms with Gasteiger partial charge in [-0.05, 0) is 24.6 Å². The molecule has 0 aliphatic carbocycles. The molecule has 0 unspecified atom stereocenters. The van der Waals surface area contributed by atoms with Gasteiger partial charge in [0.05, 0.1) is 5.02 Å². The van der Waals surface area contributed by atoms with Gasteiger partial charge in [0.15, 0.2) is 0 Å². The number of halogens is 2. The van der Waals surface area contributed by atoms with Crippen LogP contribution >= 0.6 is 11.6 Å². The van der Waals surface area contributed by atoms with Crippen LogP contribution < -0.4 is 0 Å². The maximum Gasteiger partial charge on any atom is 0.348 e. The Kier molecular flexibility index (Phi) is 3.56. The summed E-state index contributed by atoms with van der Waals surface area (Å²) in [6, 6.07) is 2.71. The second-order valence-corrected chi connectivity index (χ2v) is 5.21. The highest BCUT2D eigenvalue weighted by molar-refractivity contribution is 6.33. The second kappa shape index (κ2) is 4.90. The van der Waals surface area contributed by atoms with Crippen molar-refractivity contribution in [1.82, 2.24) is 0 Å².